The van der Waals surface area contributed by atoms with Crippen LogP contribution in [-0.4, -0.2) is 38.0 Å². The molecule has 9 heteroatoms. The molecule has 0 aliphatic heterocycles. The molecular weight excluding hydrogens is 411 g/mol. The number of carbonyl (C=O) groups excluding carboxylic acids is 1. The van der Waals surface area contributed by atoms with Gasteiger partial charge < -0.3 is 4.74 Å². The lowest BCUT2D eigenvalue weighted by Crippen LogP contribution is -2.25. The summed E-state index contributed by atoms with van der Waals surface area (Å²) in [5.74, 6) is -1.18. The van der Waals surface area contributed by atoms with Crippen LogP contribution in [0.4, 0.5) is 4.39 Å². The van der Waals surface area contributed by atoms with Gasteiger partial charge in [0.25, 0.3) is 10.0 Å². The van der Waals surface area contributed by atoms with Crippen molar-refractivity contribution in [3.8, 4) is 0 Å². The lowest BCUT2D eigenvalue weighted by Gasteiger charge is -2.18. The number of rotatable bonds is 7. The lowest BCUT2D eigenvalue weighted by molar-refractivity contribution is -0.0258. The highest BCUT2D eigenvalue weighted by Crippen LogP contribution is 2.26. The molecule has 1 heterocycles. The number of hydrogen-bond acceptors (Lipinski definition) is 6. The first-order valence-electron chi connectivity index (χ1n) is 8.83. The van der Waals surface area contributed by atoms with Gasteiger partial charge in [-0.15, -0.1) is 0 Å². The summed E-state index contributed by atoms with van der Waals surface area (Å²) in [5.41, 5.74) is 0.978. The highest BCUT2D eigenvalue weighted by molar-refractivity contribution is 7.89. The summed E-state index contributed by atoms with van der Waals surface area (Å²) >= 11 is 0. The molecule has 0 aliphatic rings. The molecule has 0 bridgehead atoms. The van der Waals surface area contributed by atoms with Crippen molar-refractivity contribution in [3.05, 3.63) is 95.6 Å². The number of hydroxylamine groups is 1. The standard InChI is InChI=1S/C21H19FN2O5S/c1-24(28-2)30(26,27)18-11-9-15(10-12-18)21(25)29-20(19-8-3-4-13-23-19)16-6-5-7-17(22)14-16/h3-14,20H,1-2H3. The van der Waals surface area contributed by atoms with Crippen LogP contribution in [0.2, 0.25) is 0 Å². The van der Waals surface area contributed by atoms with E-state index in [2.05, 4.69) is 4.98 Å². The van der Waals surface area contributed by atoms with Crippen LogP contribution in [0.1, 0.15) is 27.7 Å². The molecule has 0 fully saturated rings. The molecule has 3 rings (SSSR count). The quantitative estimate of drug-likeness (QED) is 0.422. The molecule has 7 nitrogen and oxygen atoms in total. The largest absolute Gasteiger partial charge is 0.447 e. The van der Waals surface area contributed by atoms with Crippen molar-refractivity contribution in [1.29, 1.82) is 0 Å². The molecule has 3 aromatic rings. The second kappa shape index (κ2) is 9.12. The van der Waals surface area contributed by atoms with E-state index < -0.39 is 27.9 Å². The molecule has 0 radical (unpaired) electrons. The highest BCUT2D eigenvalue weighted by Gasteiger charge is 2.24. The third-order valence-electron chi connectivity index (χ3n) is 4.32. The lowest BCUT2D eigenvalue weighted by atomic mass is 10.1. The van der Waals surface area contributed by atoms with Gasteiger partial charge in [0.15, 0.2) is 6.10 Å². The van der Waals surface area contributed by atoms with E-state index in [1.807, 2.05) is 0 Å². The smallest absolute Gasteiger partial charge is 0.339 e. The molecule has 1 atom stereocenters. The molecular formula is C21H19FN2O5S. The van der Waals surface area contributed by atoms with E-state index in [0.29, 0.717) is 15.7 Å². The molecule has 0 N–H and O–H groups in total. The van der Waals surface area contributed by atoms with E-state index in [0.717, 1.165) is 0 Å². The van der Waals surface area contributed by atoms with Gasteiger partial charge >= 0.3 is 5.97 Å². The Hall–Kier alpha value is -3.14. The minimum atomic E-state index is -3.84. The summed E-state index contributed by atoms with van der Waals surface area (Å²) in [5, 5.41) is 0. The Morgan fingerprint density at radius 1 is 1.07 bits per heavy atom. The van der Waals surface area contributed by atoms with Gasteiger partial charge in [-0.25, -0.2) is 17.6 Å². The highest BCUT2D eigenvalue weighted by atomic mass is 32.2. The summed E-state index contributed by atoms with van der Waals surface area (Å²) in [7, 11) is -1.35. The summed E-state index contributed by atoms with van der Waals surface area (Å²) in [6, 6.07) is 16.0. The molecule has 1 unspecified atom stereocenters. The Morgan fingerprint density at radius 3 is 2.40 bits per heavy atom. The second-order valence-corrected chi connectivity index (χ2v) is 8.15. The Morgan fingerprint density at radius 2 is 1.80 bits per heavy atom. The number of ether oxygens (including phenoxy) is 1. The van der Waals surface area contributed by atoms with E-state index >= 15 is 0 Å². The van der Waals surface area contributed by atoms with Gasteiger partial charge in [-0.3, -0.25) is 9.82 Å². The van der Waals surface area contributed by atoms with Crippen LogP contribution < -0.4 is 0 Å². The van der Waals surface area contributed by atoms with Crippen LogP contribution in [0, 0.1) is 5.82 Å². The fourth-order valence-electron chi connectivity index (χ4n) is 2.68. The van der Waals surface area contributed by atoms with Crippen LogP contribution in [0.3, 0.4) is 0 Å². The van der Waals surface area contributed by atoms with Gasteiger partial charge in [0.1, 0.15) is 5.82 Å². The fourth-order valence-corrected chi connectivity index (χ4v) is 3.66. The topological polar surface area (TPSA) is 85.8 Å². The zero-order valence-corrected chi connectivity index (χ0v) is 17.0. The fraction of sp³-hybridized carbons (Fsp3) is 0.143. The SMILES string of the molecule is CON(C)S(=O)(=O)c1ccc(C(=O)OC(c2cccc(F)c2)c2ccccn2)cc1. The Balaban J connectivity index is 1.88. The average Bonchev–Trinajstić information content (AvgIpc) is 2.77. The molecule has 156 valence electrons. The first-order valence-corrected chi connectivity index (χ1v) is 10.3. The number of pyridine rings is 1. The Bertz CT molecular complexity index is 1120. The van der Waals surface area contributed by atoms with Crippen LogP contribution in [-0.2, 0) is 19.6 Å². The van der Waals surface area contributed by atoms with Crippen LogP contribution in [0.15, 0.2) is 77.8 Å². The maximum Gasteiger partial charge on any atom is 0.339 e. The molecule has 0 spiro atoms. The van der Waals surface area contributed by atoms with E-state index in [1.165, 1.54) is 56.6 Å². The van der Waals surface area contributed by atoms with Gasteiger partial charge in [0.05, 0.1) is 23.3 Å². The number of esters is 1. The second-order valence-electron chi connectivity index (χ2n) is 6.22. The summed E-state index contributed by atoms with van der Waals surface area (Å²) < 4.78 is 44.6. The minimum absolute atomic E-state index is 0.0465. The molecule has 0 aliphatic carbocycles. The van der Waals surface area contributed by atoms with Gasteiger partial charge in [-0.2, -0.15) is 0 Å². The minimum Gasteiger partial charge on any atom is -0.447 e. The van der Waals surface area contributed by atoms with Gasteiger partial charge in [-0.05, 0) is 48.5 Å². The molecule has 2 aromatic carbocycles. The maximum absolute atomic E-state index is 13.7. The van der Waals surface area contributed by atoms with Crippen molar-refractivity contribution in [2.75, 3.05) is 14.2 Å². The maximum atomic E-state index is 13.7. The van der Waals surface area contributed by atoms with Crippen molar-refractivity contribution >= 4 is 16.0 Å². The number of nitrogens with zero attached hydrogens (tertiary/aromatic N) is 2. The first-order chi connectivity index (χ1) is 14.3. The molecule has 1 aromatic heterocycles. The average molecular weight is 430 g/mol. The van der Waals surface area contributed by atoms with E-state index in [-0.39, 0.29) is 10.5 Å². The van der Waals surface area contributed by atoms with Gasteiger partial charge in [0, 0.05) is 18.8 Å². The van der Waals surface area contributed by atoms with Crippen molar-refractivity contribution in [3.63, 3.8) is 0 Å². The summed E-state index contributed by atoms with van der Waals surface area (Å²) in [6.45, 7) is 0. The van der Waals surface area contributed by atoms with Crippen molar-refractivity contribution in [2.24, 2.45) is 0 Å². The summed E-state index contributed by atoms with van der Waals surface area (Å²) in [4.78, 5) is 21.6. The first kappa shape index (κ1) is 21.6. The van der Waals surface area contributed by atoms with Gasteiger partial charge in [-0.1, -0.05) is 22.7 Å². The third-order valence-corrected chi connectivity index (χ3v) is 6.01. The number of aromatic nitrogens is 1. The van der Waals surface area contributed by atoms with E-state index in [4.69, 9.17) is 9.57 Å². The van der Waals surface area contributed by atoms with Crippen LogP contribution in [0.5, 0.6) is 0 Å². The normalized spacial score (nSPS) is 12.5. The predicted octanol–water partition coefficient (Wildman–Crippen LogP) is 3.35. The molecule has 0 saturated heterocycles. The van der Waals surface area contributed by atoms with E-state index in [1.54, 1.807) is 30.5 Å². The van der Waals surface area contributed by atoms with Crippen LogP contribution >= 0.6 is 0 Å². The van der Waals surface area contributed by atoms with Crippen molar-refractivity contribution in [1.82, 2.24) is 9.45 Å². The number of hydrogen-bond donors (Lipinski definition) is 0. The number of benzene rings is 2. The number of carbonyl (C=O) groups is 1. The number of halogens is 1. The molecule has 0 saturated carbocycles. The van der Waals surface area contributed by atoms with E-state index in [9.17, 15) is 17.6 Å². The van der Waals surface area contributed by atoms with Crippen molar-refractivity contribution < 1.29 is 27.2 Å². The monoisotopic (exact) mass is 430 g/mol. The molecule has 0 amide bonds. The Kier molecular flexibility index (Phi) is 6.56. The zero-order valence-electron chi connectivity index (χ0n) is 16.2. The van der Waals surface area contributed by atoms with Crippen molar-refractivity contribution in [2.45, 2.75) is 11.0 Å². The molecule has 30 heavy (non-hydrogen) atoms. The summed E-state index contributed by atoms with van der Waals surface area (Å²) in [6.07, 6.45) is 0.610. The van der Waals surface area contributed by atoms with Crippen LogP contribution in [0.25, 0.3) is 0 Å². The van der Waals surface area contributed by atoms with Gasteiger partial charge in [0.2, 0.25) is 0 Å². The predicted molar refractivity (Wildman–Crippen MR) is 106 cm³/mol. The Labute approximate surface area is 173 Å². The zero-order chi connectivity index (χ0) is 21.7. The third kappa shape index (κ3) is 4.70. The number of sulfonamides is 1.